The number of nitrogens with one attached hydrogen (secondary N) is 1. The van der Waals surface area contributed by atoms with Crippen molar-refractivity contribution < 1.29 is 8.94 Å². The van der Waals surface area contributed by atoms with Gasteiger partial charge in [0.15, 0.2) is 11.4 Å². The Labute approximate surface area is 158 Å². The normalized spacial score (nSPS) is 18.9. The average molecular weight is 367 g/mol. The molecule has 0 spiro atoms. The summed E-state index contributed by atoms with van der Waals surface area (Å²) < 4.78 is 11.3. The Hall–Kier alpha value is -2.41. The molecule has 142 valence electrons. The van der Waals surface area contributed by atoms with Crippen LogP contribution in [-0.4, -0.2) is 40.8 Å². The van der Waals surface area contributed by atoms with Crippen molar-refractivity contribution in [1.82, 2.24) is 20.4 Å². The van der Waals surface area contributed by atoms with Crippen LogP contribution in [0, 0.1) is 0 Å². The number of nitrogens with zero attached hydrogens (tertiary/aromatic N) is 4. The van der Waals surface area contributed by atoms with Gasteiger partial charge < -0.3 is 19.2 Å². The van der Waals surface area contributed by atoms with Gasteiger partial charge in [-0.1, -0.05) is 23.7 Å². The zero-order chi connectivity index (χ0) is 18.1. The molecule has 1 aliphatic carbocycles. The number of hydrogen-bond donors (Lipinski definition) is 1. The lowest BCUT2D eigenvalue weighted by atomic mass is 9.85. The molecule has 7 nitrogen and oxygen atoms in total. The molecule has 2 aromatic heterocycles. The molecule has 0 amide bonds. The maximum atomic E-state index is 5.88. The quantitative estimate of drug-likeness (QED) is 0.716. The van der Waals surface area contributed by atoms with Gasteiger partial charge in [0.2, 0.25) is 5.89 Å². The Kier molecular flexibility index (Phi) is 4.53. The maximum Gasteiger partial charge on any atom is 0.298 e. The first-order chi connectivity index (χ1) is 13.3. The lowest BCUT2D eigenvalue weighted by Gasteiger charge is -2.31. The van der Waals surface area contributed by atoms with Gasteiger partial charge in [-0.25, -0.2) is 0 Å². The molecule has 3 aromatic rings. The van der Waals surface area contributed by atoms with Gasteiger partial charge in [-0.2, -0.15) is 9.97 Å². The topological polar surface area (TPSA) is 80.2 Å². The predicted molar refractivity (Wildman–Crippen MR) is 102 cm³/mol. The third-order valence-corrected chi connectivity index (χ3v) is 5.77. The molecule has 0 radical (unpaired) electrons. The summed E-state index contributed by atoms with van der Waals surface area (Å²) in [7, 11) is 0. The Bertz CT molecular complexity index is 860. The fourth-order valence-corrected chi connectivity index (χ4v) is 3.85. The Balaban J connectivity index is 1.08. The van der Waals surface area contributed by atoms with Gasteiger partial charge in [0.25, 0.3) is 6.01 Å². The van der Waals surface area contributed by atoms with E-state index in [4.69, 9.17) is 8.94 Å². The number of aromatic nitrogens is 3. The second-order valence-electron chi connectivity index (χ2n) is 7.61. The van der Waals surface area contributed by atoms with Crippen molar-refractivity contribution in [2.24, 2.45) is 0 Å². The maximum absolute atomic E-state index is 5.88. The molecule has 1 saturated carbocycles. The number of benzene rings is 1. The molecule has 0 unspecified atom stereocenters. The van der Waals surface area contributed by atoms with Crippen molar-refractivity contribution in [3.63, 3.8) is 0 Å². The van der Waals surface area contributed by atoms with E-state index in [0.29, 0.717) is 12.0 Å². The second kappa shape index (κ2) is 7.31. The molecular weight excluding hydrogens is 342 g/mol. The summed E-state index contributed by atoms with van der Waals surface area (Å²) >= 11 is 0. The van der Waals surface area contributed by atoms with Gasteiger partial charge >= 0.3 is 0 Å². The summed E-state index contributed by atoms with van der Waals surface area (Å²) in [5.41, 5.74) is 1.78. The SMILES string of the molecule is c1ccc2oc(N3CCC(NCCc4noc(C5CCC5)n4)CC3)nc2c1. The number of hydrogen-bond acceptors (Lipinski definition) is 7. The van der Waals surface area contributed by atoms with Crippen LogP contribution in [0.3, 0.4) is 0 Å². The number of fused-ring (bicyclic) bond motifs is 1. The molecule has 5 rings (SSSR count). The van der Waals surface area contributed by atoms with Crippen LogP contribution in [0.4, 0.5) is 6.01 Å². The number of para-hydroxylation sites is 2. The Morgan fingerprint density at radius 1 is 1.07 bits per heavy atom. The molecule has 3 heterocycles. The van der Waals surface area contributed by atoms with Gasteiger partial charge in [0.05, 0.1) is 0 Å². The van der Waals surface area contributed by atoms with Crippen LogP contribution >= 0.6 is 0 Å². The minimum atomic E-state index is 0.510. The second-order valence-corrected chi connectivity index (χ2v) is 7.61. The van der Waals surface area contributed by atoms with E-state index >= 15 is 0 Å². The largest absolute Gasteiger partial charge is 0.423 e. The standard InChI is InChI=1S/C20H25N5O2/c1-2-7-17-16(6-1)22-20(26-17)25-12-9-15(10-13-25)21-11-8-18-23-19(27-24-18)14-4-3-5-14/h1-2,6-7,14-15,21H,3-5,8-13H2. The van der Waals surface area contributed by atoms with Crippen molar-refractivity contribution in [2.75, 3.05) is 24.5 Å². The molecule has 1 aromatic carbocycles. The number of oxazole rings is 1. The summed E-state index contributed by atoms with van der Waals surface area (Å²) in [5.74, 6) is 2.17. The van der Waals surface area contributed by atoms with E-state index in [1.165, 1.54) is 19.3 Å². The van der Waals surface area contributed by atoms with E-state index in [2.05, 4.69) is 25.3 Å². The van der Waals surface area contributed by atoms with E-state index in [-0.39, 0.29) is 0 Å². The highest BCUT2D eigenvalue weighted by atomic mass is 16.5. The van der Waals surface area contributed by atoms with Crippen molar-refractivity contribution in [3.05, 3.63) is 36.0 Å². The molecule has 2 fully saturated rings. The zero-order valence-corrected chi connectivity index (χ0v) is 15.4. The molecule has 2 aliphatic rings. The van der Waals surface area contributed by atoms with Crippen LogP contribution in [0.25, 0.3) is 11.1 Å². The van der Waals surface area contributed by atoms with Crippen LogP contribution < -0.4 is 10.2 Å². The van der Waals surface area contributed by atoms with Gasteiger partial charge in [0.1, 0.15) is 5.52 Å². The van der Waals surface area contributed by atoms with Gasteiger partial charge in [-0.05, 0) is 37.8 Å². The summed E-state index contributed by atoms with van der Waals surface area (Å²) in [4.78, 5) is 11.4. The highest BCUT2D eigenvalue weighted by Crippen LogP contribution is 2.35. The van der Waals surface area contributed by atoms with Gasteiger partial charge in [-0.3, -0.25) is 0 Å². The summed E-state index contributed by atoms with van der Waals surface area (Å²) in [6.07, 6.45) is 6.65. The van der Waals surface area contributed by atoms with Crippen molar-refractivity contribution in [1.29, 1.82) is 0 Å². The van der Waals surface area contributed by atoms with Gasteiger partial charge in [-0.15, -0.1) is 0 Å². The highest BCUT2D eigenvalue weighted by Gasteiger charge is 2.25. The molecule has 0 bridgehead atoms. The van der Waals surface area contributed by atoms with E-state index in [1.807, 2.05) is 24.3 Å². The number of anilines is 1. The van der Waals surface area contributed by atoms with Crippen LogP contribution in [0.5, 0.6) is 0 Å². The minimum absolute atomic E-state index is 0.510. The van der Waals surface area contributed by atoms with Gasteiger partial charge in [0, 0.05) is 38.0 Å². The van der Waals surface area contributed by atoms with E-state index in [0.717, 1.165) is 67.7 Å². The lowest BCUT2D eigenvalue weighted by Crippen LogP contribution is -2.43. The average Bonchev–Trinajstić information content (AvgIpc) is 3.28. The molecule has 1 saturated heterocycles. The third-order valence-electron chi connectivity index (χ3n) is 5.77. The number of piperidine rings is 1. The molecule has 7 heteroatoms. The first-order valence-electron chi connectivity index (χ1n) is 10.0. The first kappa shape index (κ1) is 16.7. The van der Waals surface area contributed by atoms with Crippen LogP contribution in [0.2, 0.25) is 0 Å². The Morgan fingerprint density at radius 3 is 2.70 bits per heavy atom. The molecular formula is C20H25N5O2. The third kappa shape index (κ3) is 3.56. The molecule has 1 aliphatic heterocycles. The van der Waals surface area contributed by atoms with E-state index in [1.54, 1.807) is 0 Å². The molecule has 27 heavy (non-hydrogen) atoms. The van der Waals surface area contributed by atoms with Crippen LogP contribution in [0.1, 0.15) is 49.7 Å². The van der Waals surface area contributed by atoms with Crippen molar-refractivity contribution >= 4 is 17.1 Å². The van der Waals surface area contributed by atoms with Crippen LogP contribution in [-0.2, 0) is 6.42 Å². The molecule has 1 N–H and O–H groups in total. The Morgan fingerprint density at radius 2 is 1.93 bits per heavy atom. The summed E-state index contributed by atoms with van der Waals surface area (Å²) in [5, 5.41) is 7.76. The summed E-state index contributed by atoms with van der Waals surface area (Å²) in [6.45, 7) is 2.80. The van der Waals surface area contributed by atoms with E-state index < -0.39 is 0 Å². The smallest absolute Gasteiger partial charge is 0.298 e. The molecule has 0 atom stereocenters. The van der Waals surface area contributed by atoms with E-state index in [9.17, 15) is 0 Å². The van der Waals surface area contributed by atoms with Crippen molar-refractivity contribution in [3.8, 4) is 0 Å². The minimum Gasteiger partial charge on any atom is -0.423 e. The van der Waals surface area contributed by atoms with Crippen molar-refractivity contribution in [2.45, 2.75) is 50.5 Å². The number of rotatable bonds is 6. The van der Waals surface area contributed by atoms with Crippen LogP contribution in [0.15, 0.2) is 33.2 Å². The fraction of sp³-hybridized carbons (Fsp3) is 0.550. The summed E-state index contributed by atoms with van der Waals surface area (Å²) in [6, 6.07) is 9.18. The zero-order valence-electron chi connectivity index (χ0n) is 15.4. The fourth-order valence-electron chi connectivity index (χ4n) is 3.85. The highest BCUT2D eigenvalue weighted by molar-refractivity contribution is 5.74. The first-order valence-corrected chi connectivity index (χ1v) is 10.0. The predicted octanol–water partition coefficient (Wildman–Crippen LogP) is 3.28. The lowest BCUT2D eigenvalue weighted by molar-refractivity contribution is 0.291. The monoisotopic (exact) mass is 367 g/mol.